The fraction of sp³-hybridized carbons (Fsp3) is 0.917. The maximum Gasteiger partial charge on any atom is 0.246 e. The van der Waals surface area contributed by atoms with Crippen LogP contribution in [-0.4, -0.2) is 62.9 Å². The van der Waals surface area contributed by atoms with Crippen molar-refractivity contribution in [3.8, 4) is 0 Å². The van der Waals surface area contributed by atoms with Crippen molar-refractivity contribution in [3.63, 3.8) is 0 Å². The summed E-state index contributed by atoms with van der Waals surface area (Å²) in [5.41, 5.74) is 0. The average Bonchev–Trinajstić information content (AvgIpc) is 3.07. The van der Waals surface area contributed by atoms with Gasteiger partial charge >= 0.3 is 0 Å². The molecule has 98 valence electrons. The third-order valence-corrected chi connectivity index (χ3v) is 3.31. The van der Waals surface area contributed by atoms with E-state index in [9.17, 15) is 4.79 Å². The zero-order valence-electron chi connectivity index (χ0n) is 10.5. The standard InChI is InChI=1S/C12H22N2O3/c1-16-6-7-17-9-12(15)13-10-4-5-14(8-10)11-2-3-11/h10-11H,2-9H2,1H3,(H,13,15). The number of rotatable bonds is 7. The van der Waals surface area contributed by atoms with Gasteiger partial charge in [-0.3, -0.25) is 9.69 Å². The fourth-order valence-electron chi connectivity index (χ4n) is 2.25. The van der Waals surface area contributed by atoms with E-state index in [-0.39, 0.29) is 12.5 Å². The summed E-state index contributed by atoms with van der Waals surface area (Å²) < 4.78 is 10.0. The Morgan fingerprint density at radius 1 is 1.35 bits per heavy atom. The Morgan fingerprint density at radius 3 is 2.88 bits per heavy atom. The molecule has 0 aromatic rings. The first-order chi connectivity index (χ1) is 8.29. The Morgan fingerprint density at radius 2 is 2.18 bits per heavy atom. The van der Waals surface area contributed by atoms with Gasteiger partial charge in [0.05, 0.1) is 13.2 Å². The first-order valence-corrected chi connectivity index (χ1v) is 6.39. The van der Waals surface area contributed by atoms with Crippen LogP contribution in [0.4, 0.5) is 0 Å². The van der Waals surface area contributed by atoms with Crippen LogP contribution in [0.5, 0.6) is 0 Å². The Bertz CT molecular complexity index is 256. The summed E-state index contributed by atoms with van der Waals surface area (Å²) in [5.74, 6) is -0.0104. The third kappa shape index (κ3) is 4.26. The predicted octanol–water partition coefficient (Wildman–Crippen LogP) is 0.00230. The molecule has 1 heterocycles. The van der Waals surface area contributed by atoms with E-state index in [4.69, 9.17) is 9.47 Å². The number of nitrogens with one attached hydrogen (secondary N) is 1. The summed E-state index contributed by atoms with van der Waals surface area (Å²) in [6.07, 6.45) is 3.74. The lowest BCUT2D eigenvalue weighted by molar-refractivity contribution is -0.126. The molecule has 5 heteroatoms. The van der Waals surface area contributed by atoms with Gasteiger partial charge in [-0.05, 0) is 19.3 Å². The van der Waals surface area contributed by atoms with Crippen molar-refractivity contribution in [1.82, 2.24) is 10.2 Å². The zero-order chi connectivity index (χ0) is 12.1. The van der Waals surface area contributed by atoms with Gasteiger partial charge in [0, 0.05) is 32.3 Å². The van der Waals surface area contributed by atoms with Crippen LogP contribution in [0.15, 0.2) is 0 Å². The zero-order valence-corrected chi connectivity index (χ0v) is 10.5. The molecule has 1 aliphatic carbocycles. The number of ether oxygens (including phenoxy) is 2. The number of likely N-dealkylation sites (tertiary alicyclic amines) is 1. The van der Waals surface area contributed by atoms with Crippen molar-refractivity contribution in [3.05, 3.63) is 0 Å². The van der Waals surface area contributed by atoms with E-state index in [0.717, 1.165) is 25.6 Å². The number of nitrogens with zero attached hydrogens (tertiary/aromatic N) is 1. The normalized spacial score (nSPS) is 25.1. The van der Waals surface area contributed by atoms with E-state index >= 15 is 0 Å². The van der Waals surface area contributed by atoms with E-state index in [1.54, 1.807) is 7.11 Å². The maximum atomic E-state index is 11.6. The molecule has 0 aromatic carbocycles. The molecule has 1 saturated carbocycles. The number of hydrogen-bond acceptors (Lipinski definition) is 4. The molecular formula is C12H22N2O3. The number of amides is 1. The van der Waals surface area contributed by atoms with Crippen LogP contribution >= 0.6 is 0 Å². The van der Waals surface area contributed by atoms with Crippen LogP contribution in [0.1, 0.15) is 19.3 Å². The average molecular weight is 242 g/mol. The molecule has 0 bridgehead atoms. The van der Waals surface area contributed by atoms with Crippen LogP contribution in [0.3, 0.4) is 0 Å². The Balaban J connectivity index is 1.55. The van der Waals surface area contributed by atoms with Crippen LogP contribution in [-0.2, 0) is 14.3 Å². The molecule has 0 aromatic heterocycles. The van der Waals surface area contributed by atoms with Crippen LogP contribution in [0, 0.1) is 0 Å². The first-order valence-electron chi connectivity index (χ1n) is 6.39. The lowest BCUT2D eigenvalue weighted by Gasteiger charge is -2.15. The van der Waals surface area contributed by atoms with Gasteiger partial charge in [0.1, 0.15) is 6.61 Å². The smallest absolute Gasteiger partial charge is 0.246 e. The van der Waals surface area contributed by atoms with E-state index in [1.165, 1.54) is 12.8 Å². The van der Waals surface area contributed by atoms with Crippen molar-refractivity contribution in [2.45, 2.75) is 31.3 Å². The molecule has 2 fully saturated rings. The van der Waals surface area contributed by atoms with Gasteiger partial charge in [-0.25, -0.2) is 0 Å². The summed E-state index contributed by atoms with van der Waals surface area (Å²) in [5, 5.41) is 3.02. The highest BCUT2D eigenvalue weighted by Crippen LogP contribution is 2.29. The minimum Gasteiger partial charge on any atom is -0.382 e. The molecule has 0 radical (unpaired) electrons. The summed E-state index contributed by atoms with van der Waals surface area (Å²) in [7, 11) is 1.62. The minimum atomic E-state index is -0.0104. The van der Waals surface area contributed by atoms with Crippen molar-refractivity contribution >= 4 is 5.91 Å². The molecule has 5 nitrogen and oxygen atoms in total. The van der Waals surface area contributed by atoms with E-state index in [1.807, 2.05) is 0 Å². The molecule has 2 rings (SSSR count). The largest absolute Gasteiger partial charge is 0.382 e. The van der Waals surface area contributed by atoms with Gasteiger partial charge in [-0.1, -0.05) is 0 Å². The SMILES string of the molecule is COCCOCC(=O)NC1CCN(C2CC2)C1. The summed E-state index contributed by atoms with van der Waals surface area (Å²) in [6, 6.07) is 1.11. The Hall–Kier alpha value is -0.650. The van der Waals surface area contributed by atoms with Gasteiger partial charge in [-0.2, -0.15) is 0 Å². The van der Waals surface area contributed by atoms with Crippen molar-refractivity contribution in [1.29, 1.82) is 0 Å². The highest BCUT2D eigenvalue weighted by atomic mass is 16.5. The predicted molar refractivity (Wildman–Crippen MR) is 63.8 cm³/mol. The number of hydrogen-bond donors (Lipinski definition) is 1. The van der Waals surface area contributed by atoms with Crippen molar-refractivity contribution in [2.24, 2.45) is 0 Å². The van der Waals surface area contributed by atoms with Crippen LogP contribution < -0.4 is 5.32 Å². The van der Waals surface area contributed by atoms with Crippen LogP contribution in [0.25, 0.3) is 0 Å². The summed E-state index contributed by atoms with van der Waals surface area (Å²) in [6.45, 7) is 3.28. The van der Waals surface area contributed by atoms with Gasteiger partial charge in [-0.15, -0.1) is 0 Å². The highest BCUT2D eigenvalue weighted by molar-refractivity contribution is 5.77. The molecule has 0 spiro atoms. The van der Waals surface area contributed by atoms with Gasteiger partial charge in [0.25, 0.3) is 0 Å². The lowest BCUT2D eigenvalue weighted by Crippen LogP contribution is -2.39. The van der Waals surface area contributed by atoms with E-state index < -0.39 is 0 Å². The van der Waals surface area contributed by atoms with Gasteiger partial charge in [0.2, 0.25) is 5.91 Å². The summed E-state index contributed by atoms with van der Waals surface area (Å²) in [4.78, 5) is 14.0. The minimum absolute atomic E-state index is 0.0104. The monoisotopic (exact) mass is 242 g/mol. The van der Waals surface area contributed by atoms with Crippen LogP contribution in [0.2, 0.25) is 0 Å². The second-order valence-corrected chi connectivity index (χ2v) is 4.82. The van der Waals surface area contributed by atoms with Crippen molar-refractivity contribution in [2.75, 3.05) is 40.0 Å². The number of carbonyl (C=O) groups excluding carboxylic acids is 1. The topological polar surface area (TPSA) is 50.8 Å². The second kappa shape index (κ2) is 6.33. The molecule has 1 saturated heterocycles. The van der Waals surface area contributed by atoms with E-state index in [2.05, 4.69) is 10.2 Å². The summed E-state index contributed by atoms with van der Waals surface area (Å²) >= 11 is 0. The second-order valence-electron chi connectivity index (χ2n) is 4.82. The fourth-order valence-corrected chi connectivity index (χ4v) is 2.25. The maximum absolute atomic E-state index is 11.6. The van der Waals surface area contributed by atoms with Gasteiger partial charge in [0.15, 0.2) is 0 Å². The molecule has 1 atom stereocenters. The number of methoxy groups -OCH3 is 1. The third-order valence-electron chi connectivity index (χ3n) is 3.31. The van der Waals surface area contributed by atoms with E-state index in [0.29, 0.717) is 19.3 Å². The molecule has 1 N–H and O–H groups in total. The number of carbonyl (C=O) groups is 1. The highest BCUT2D eigenvalue weighted by Gasteiger charge is 2.34. The van der Waals surface area contributed by atoms with Gasteiger partial charge < -0.3 is 14.8 Å². The first kappa shape index (κ1) is 12.8. The molecule has 1 aliphatic heterocycles. The quantitative estimate of drug-likeness (QED) is 0.639. The molecule has 17 heavy (non-hydrogen) atoms. The molecule has 1 amide bonds. The lowest BCUT2D eigenvalue weighted by atomic mass is 10.2. The molecule has 1 unspecified atom stereocenters. The van der Waals surface area contributed by atoms with Crippen molar-refractivity contribution < 1.29 is 14.3 Å². The Kier molecular flexibility index (Phi) is 4.76. The molecular weight excluding hydrogens is 220 g/mol. The molecule has 2 aliphatic rings. The Labute approximate surface area is 102 Å².